The van der Waals surface area contributed by atoms with Gasteiger partial charge in [-0.15, -0.1) is 0 Å². The van der Waals surface area contributed by atoms with Gasteiger partial charge >= 0.3 is 0 Å². The molecule has 1 aromatic heterocycles. The molecule has 3 aromatic rings. The SMILES string of the molecule is N#Cc1ccccc1Nc1ccc(NC(=O)c2ccccc2)cn1. The number of anilines is 3. The first-order valence-corrected chi connectivity index (χ1v) is 7.35. The van der Waals surface area contributed by atoms with Crippen molar-refractivity contribution in [2.75, 3.05) is 10.6 Å². The highest BCUT2D eigenvalue weighted by Gasteiger charge is 2.06. The molecule has 0 atom stereocenters. The third kappa shape index (κ3) is 3.57. The second-order valence-corrected chi connectivity index (χ2v) is 5.03. The number of nitriles is 1. The van der Waals surface area contributed by atoms with E-state index in [0.29, 0.717) is 28.3 Å². The molecular formula is C19H14N4O. The van der Waals surface area contributed by atoms with Gasteiger partial charge in [0.2, 0.25) is 0 Å². The standard InChI is InChI=1S/C19H14N4O/c20-12-15-8-4-5-9-17(15)23-18-11-10-16(13-21-18)22-19(24)14-6-2-1-3-7-14/h1-11,13H,(H,21,23)(H,22,24). The summed E-state index contributed by atoms with van der Waals surface area (Å²) >= 11 is 0. The average molecular weight is 314 g/mol. The van der Waals surface area contributed by atoms with Gasteiger partial charge in [-0.05, 0) is 36.4 Å². The normalized spacial score (nSPS) is 9.79. The van der Waals surface area contributed by atoms with Crippen molar-refractivity contribution in [1.82, 2.24) is 4.98 Å². The van der Waals surface area contributed by atoms with E-state index in [0.717, 1.165) is 0 Å². The fourth-order valence-corrected chi connectivity index (χ4v) is 2.16. The van der Waals surface area contributed by atoms with Gasteiger partial charge in [-0.3, -0.25) is 4.79 Å². The van der Waals surface area contributed by atoms with Gasteiger partial charge in [-0.2, -0.15) is 5.26 Å². The van der Waals surface area contributed by atoms with Gasteiger partial charge < -0.3 is 10.6 Å². The van der Waals surface area contributed by atoms with E-state index in [9.17, 15) is 4.79 Å². The Kier molecular flexibility index (Phi) is 4.50. The van der Waals surface area contributed by atoms with Crippen LogP contribution in [0.1, 0.15) is 15.9 Å². The summed E-state index contributed by atoms with van der Waals surface area (Å²) in [6.07, 6.45) is 1.57. The predicted molar refractivity (Wildman–Crippen MR) is 93.1 cm³/mol. The van der Waals surface area contributed by atoms with Crippen molar-refractivity contribution in [1.29, 1.82) is 5.26 Å². The molecule has 0 radical (unpaired) electrons. The van der Waals surface area contributed by atoms with E-state index in [-0.39, 0.29) is 5.91 Å². The minimum atomic E-state index is -0.187. The molecule has 0 aliphatic rings. The molecule has 0 saturated carbocycles. The molecular weight excluding hydrogens is 300 g/mol. The van der Waals surface area contributed by atoms with Crippen molar-refractivity contribution in [2.45, 2.75) is 0 Å². The molecule has 0 unspecified atom stereocenters. The van der Waals surface area contributed by atoms with Gasteiger partial charge in [-0.25, -0.2) is 4.98 Å². The van der Waals surface area contributed by atoms with Gasteiger partial charge in [0.25, 0.3) is 5.91 Å². The number of nitrogens with zero attached hydrogens (tertiary/aromatic N) is 2. The summed E-state index contributed by atoms with van der Waals surface area (Å²) in [5, 5.41) is 15.0. The molecule has 0 spiro atoms. The van der Waals surface area contributed by atoms with Gasteiger partial charge in [-0.1, -0.05) is 30.3 Å². The molecule has 24 heavy (non-hydrogen) atoms. The van der Waals surface area contributed by atoms with Crippen molar-refractivity contribution >= 4 is 23.1 Å². The summed E-state index contributed by atoms with van der Waals surface area (Å²) in [5.41, 5.74) is 2.42. The first-order valence-electron chi connectivity index (χ1n) is 7.35. The molecule has 0 fully saturated rings. The van der Waals surface area contributed by atoms with Crippen LogP contribution in [0, 0.1) is 11.3 Å². The number of hydrogen-bond acceptors (Lipinski definition) is 4. The lowest BCUT2D eigenvalue weighted by molar-refractivity contribution is 0.102. The van der Waals surface area contributed by atoms with E-state index in [1.807, 2.05) is 30.3 Å². The maximum absolute atomic E-state index is 12.1. The van der Waals surface area contributed by atoms with Crippen LogP contribution in [0.2, 0.25) is 0 Å². The maximum Gasteiger partial charge on any atom is 0.255 e. The number of para-hydroxylation sites is 1. The zero-order chi connectivity index (χ0) is 16.8. The monoisotopic (exact) mass is 314 g/mol. The third-order valence-electron chi connectivity index (χ3n) is 3.37. The van der Waals surface area contributed by atoms with E-state index in [1.165, 1.54) is 0 Å². The molecule has 0 aliphatic heterocycles. The fourth-order valence-electron chi connectivity index (χ4n) is 2.16. The highest BCUT2D eigenvalue weighted by Crippen LogP contribution is 2.19. The lowest BCUT2D eigenvalue weighted by Gasteiger charge is -2.09. The first-order chi connectivity index (χ1) is 11.8. The summed E-state index contributed by atoms with van der Waals surface area (Å²) in [7, 11) is 0. The molecule has 1 amide bonds. The quantitative estimate of drug-likeness (QED) is 0.764. The van der Waals surface area contributed by atoms with Crippen LogP contribution >= 0.6 is 0 Å². The summed E-state index contributed by atoms with van der Waals surface area (Å²) in [5.74, 6) is 0.406. The highest BCUT2D eigenvalue weighted by atomic mass is 16.1. The summed E-state index contributed by atoms with van der Waals surface area (Å²) < 4.78 is 0. The number of carbonyl (C=O) groups is 1. The Bertz CT molecular complexity index is 883. The first kappa shape index (κ1) is 15.3. The molecule has 5 nitrogen and oxygen atoms in total. The zero-order valence-electron chi connectivity index (χ0n) is 12.7. The molecule has 116 valence electrons. The predicted octanol–water partition coefficient (Wildman–Crippen LogP) is 3.95. The van der Waals surface area contributed by atoms with Crippen LogP contribution in [0.15, 0.2) is 72.9 Å². The van der Waals surface area contributed by atoms with Crippen molar-refractivity contribution in [3.63, 3.8) is 0 Å². The number of hydrogen-bond donors (Lipinski definition) is 2. The smallest absolute Gasteiger partial charge is 0.255 e. The van der Waals surface area contributed by atoms with Crippen LogP contribution in [-0.2, 0) is 0 Å². The minimum absolute atomic E-state index is 0.187. The number of aromatic nitrogens is 1. The summed E-state index contributed by atoms with van der Waals surface area (Å²) in [6.45, 7) is 0. The molecule has 3 rings (SSSR count). The van der Waals surface area contributed by atoms with Crippen LogP contribution < -0.4 is 10.6 Å². The molecule has 2 aromatic carbocycles. The average Bonchev–Trinajstić information content (AvgIpc) is 2.64. The van der Waals surface area contributed by atoms with Crippen molar-refractivity contribution < 1.29 is 4.79 Å². The molecule has 0 aliphatic carbocycles. The second-order valence-electron chi connectivity index (χ2n) is 5.03. The number of carbonyl (C=O) groups excluding carboxylic acids is 1. The van der Waals surface area contributed by atoms with Gasteiger partial charge in [0.05, 0.1) is 23.1 Å². The number of rotatable bonds is 4. The largest absolute Gasteiger partial charge is 0.339 e. The highest BCUT2D eigenvalue weighted by molar-refractivity contribution is 6.04. The van der Waals surface area contributed by atoms with Crippen LogP contribution in [0.25, 0.3) is 0 Å². The maximum atomic E-state index is 12.1. The number of pyridine rings is 1. The lowest BCUT2D eigenvalue weighted by atomic mass is 10.2. The topological polar surface area (TPSA) is 77.8 Å². The Morgan fingerprint density at radius 2 is 1.71 bits per heavy atom. The van der Waals surface area contributed by atoms with Crippen molar-refractivity contribution in [3.8, 4) is 6.07 Å². The van der Waals surface area contributed by atoms with Gasteiger partial charge in [0.1, 0.15) is 11.9 Å². The number of amides is 1. The van der Waals surface area contributed by atoms with Crippen molar-refractivity contribution in [2.24, 2.45) is 0 Å². The zero-order valence-corrected chi connectivity index (χ0v) is 12.7. The Labute approximate surface area is 139 Å². The van der Waals surface area contributed by atoms with E-state index in [2.05, 4.69) is 21.7 Å². The molecule has 5 heteroatoms. The Balaban J connectivity index is 1.70. The molecule has 2 N–H and O–H groups in total. The Morgan fingerprint density at radius 1 is 0.958 bits per heavy atom. The van der Waals surface area contributed by atoms with Crippen LogP contribution in [0.5, 0.6) is 0 Å². The molecule has 0 saturated heterocycles. The second kappa shape index (κ2) is 7.07. The Hall–Kier alpha value is -3.65. The van der Waals surface area contributed by atoms with Crippen molar-refractivity contribution in [3.05, 3.63) is 84.1 Å². The molecule has 0 bridgehead atoms. The summed E-state index contributed by atoms with van der Waals surface area (Å²) in [6, 6.07) is 21.8. The van der Waals surface area contributed by atoms with Crippen LogP contribution in [-0.4, -0.2) is 10.9 Å². The minimum Gasteiger partial charge on any atom is -0.339 e. The lowest BCUT2D eigenvalue weighted by Crippen LogP contribution is -2.11. The fraction of sp³-hybridized carbons (Fsp3) is 0. The molecule has 1 heterocycles. The number of benzene rings is 2. The third-order valence-corrected chi connectivity index (χ3v) is 3.37. The van der Waals surface area contributed by atoms with E-state index >= 15 is 0 Å². The number of nitrogens with one attached hydrogen (secondary N) is 2. The van der Waals surface area contributed by atoms with E-state index in [1.54, 1.807) is 42.6 Å². The van der Waals surface area contributed by atoms with Crippen LogP contribution in [0.4, 0.5) is 17.2 Å². The Morgan fingerprint density at radius 3 is 2.42 bits per heavy atom. The summed E-state index contributed by atoms with van der Waals surface area (Å²) in [4.78, 5) is 16.3. The van der Waals surface area contributed by atoms with E-state index < -0.39 is 0 Å². The van der Waals surface area contributed by atoms with E-state index in [4.69, 9.17) is 5.26 Å². The van der Waals surface area contributed by atoms with Gasteiger partial charge in [0.15, 0.2) is 0 Å². The van der Waals surface area contributed by atoms with Gasteiger partial charge in [0, 0.05) is 5.56 Å². The van der Waals surface area contributed by atoms with Crippen LogP contribution in [0.3, 0.4) is 0 Å².